The van der Waals surface area contributed by atoms with Gasteiger partial charge in [-0.2, -0.15) is 13.2 Å². The number of benzene rings is 1. The number of thiophene rings is 1. The summed E-state index contributed by atoms with van der Waals surface area (Å²) in [6.07, 6.45) is -2.08. The normalized spacial score (nSPS) is 17.6. The lowest BCUT2D eigenvalue weighted by atomic mass is 9.90. The molecule has 0 radical (unpaired) electrons. The topological polar surface area (TPSA) is 94.9 Å². The fourth-order valence-electron chi connectivity index (χ4n) is 3.31. The second-order valence-corrected chi connectivity index (χ2v) is 10.2. The Kier molecular flexibility index (Phi) is 8.06. The van der Waals surface area contributed by atoms with E-state index in [2.05, 4.69) is 4.90 Å². The van der Waals surface area contributed by atoms with Crippen LogP contribution in [0.1, 0.15) is 29.9 Å². The molecular formula is C19H21F4NO5S2. The standard InChI is InChI=1S/C17H20FNO3S2.C2HF3O2/c1-24(21,22)17-13(7-9-23-17)11-19-8-3-4-12(10-19)14-5-2-6-15(20)16(14)18;3-2(4,5)1(6)7/h2,5-7,9,12,20H,3-4,8,10-11H2,1H3;(H,6,7). The molecular weight excluding hydrogens is 462 g/mol. The number of aliphatic carboxylic acids is 1. The van der Waals surface area contributed by atoms with Gasteiger partial charge in [-0.1, -0.05) is 12.1 Å². The van der Waals surface area contributed by atoms with E-state index in [1.165, 1.54) is 23.7 Å². The maximum atomic E-state index is 14.2. The number of nitrogens with zero attached hydrogens (tertiary/aromatic N) is 1. The molecule has 0 bridgehead atoms. The quantitative estimate of drug-likeness (QED) is 0.639. The van der Waals surface area contributed by atoms with E-state index in [-0.39, 0.29) is 11.7 Å². The van der Waals surface area contributed by atoms with E-state index in [9.17, 15) is 31.1 Å². The van der Waals surface area contributed by atoms with Crippen LogP contribution in [0, 0.1) is 5.82 Å². The predicted molar refractivity (Wildman–Crippen MR) is 106 cm³/mol. The molecule has 0 aliphatic carbocycles. The third kappa shape index (κ3) is 6.91. The van der Waals surface area contributed by atoms with E-state index in [0.717, 1.165) is 24.9 Å². The van der Waals surface area contributed by atoms with Crippen molar-refractivity contribution in [3.05, 3.63) is 46.6 Å². The summed E-state index contributed by atoms with van der Waals surface area (Å²) in [4.78, 5) is 11.1. The van der Waals surface area contributed by atoms with Gasteiger partial charge in [0.1, 0.15) is 4.21 Å². The molecule has 2 heterocycles. The third-order valence-electron chi connectivity index (χ3n) is 4.63. The van der Waals surface area contributed by atoms with Crippen LogP contribution in [-0.4, -0.2) is 55.0 Å². The zero-order valence-electron chi connectivity index (χ0n) is 16.4. The van der Waals surface area contributed by atoms with Gasteiger partial charge in [0.2, 0.25) is 0 Å². The second-order valence-electron chi connectivity index (χ2n) is 7.06. The van der Waals surface area contributed by atoms with Crippen LogP contribution in [0.25, 0.3) is 0 Å². The monoisotopic (exact) mass is 483 g/mol. The highest BCUT2D eigenvalue weighted by Gasteiger charge is 2.38. The van der Waals surface area contributed by atoms with Crippen LogP contribution in [0.4, 0.5) is 17.6 Å². The van der Waals surface area contributed by atoms with Gasteiger partial charge in [-0.3, -0.25) is 4.90 Å². The number of aromatic hydroxyl groups is 1. The number of hydrogen-bond donors (Lipinski definition) is 2. The number of alkyl halides is 3. The van der Waals surface area contributed by atoms with Gasteiger partial charge >= 0.3 is 12.1 Å². The number of phenols is 1. The zero-order valence-corrected chi connectivity index (χ0v) is 18.0. The third-order valence-corrected chi connectivity index (χ3v) is 7.51. The molecule has 0 saturated carbocycles. The summed E-state index contributed by atoms with van der Waals surface area (Å²) in [6.45, 7) is 2.05. The van der Waals surface area contributed by atoms with Gasteiger partial charge in [0, 0.05) is 19.3 Å². The lowest BCUT2D eigenvalue weighted by Gasteiger charge is -2.33. The van der Waals surface area contributed by atoms with Crippen LogP contribution in [0.3, 0.4) is 0 Å². The van der Waals surface area contributed by atoms with Crippen molar-refractivity contribution in [2.45, 2.75) is 35.7 Å². The number of carboxylic acids is 1. The highest BCUT2D eigenvalue weighted by molar-refractivity contribution is 7.92. The number of likely N-dealkylation sites (tertiary alicyclic amines) is 1. The number of halogens is 4. The van der Waals surface area contributed by atoms with Crippen LogP contribution in [-0.2, 0) is 21.2 Å². The van der Waals surface area contributed by atoms with Gasteiger partial charge in [-0.15, -0.1) is 11.3 Å². The first kappa shape index (κ1) is 25.1. The molecule has 1 atom stereocenters. The van der Waals surface area contributed by atoms with E-state index < -0.39 is 27.8 Å². The van der Waals surface area contributed by atoms with Crippen LogP contribution >= 0.6 is 11.3 Å². The summed E-state index contributed by atoms with van der Waals surface area (Å²) in [6, 6.07) is 6.58. The largest absolute Gasteiger partial charge is 0.505 e. The van der Waals surface area contributed by atoms with Crippen molar-refractivity contribution in [1.82, 2.24) is 4.90 Å². The Morgan fingerprint density at radius 3 is 2.52 bits per heavy atom. The number of hydrogen-bond acceptors (Lipinski definition) is 6. The number of rotatable bonds is 4. The molecule has 6 nitrogen and oxygen atoms in total. The van der Waals surface area contributed by atoms with Crippen LogP contribution < -0.4 is 0 Å². The van der Waals surface area contributed by atoms with E-state index in [1.54, 1.807) is 17.5 Å². The highest BCUT2D eigenvalue weighted by Crippen LogP contribution is 2.33. The summed E-state index contributed by atoms with van der Waals surface area (Å²) in [5, 5.41) is 18.5. The van der Waals surface area contributed by atoms with Crippen LogP contribution in [0.2, 0.25) is 0 Å². The Morgan fingerprint density at radius 1 is 1.29 bits per heavy atom. The van der Waals surface area contributed by atoms with Gasteiger partial charge in [0.15, 0.2) is 21.4 Å². The average Bonchev–Trinajstić information content (AvgIpc) is 3.12. The smallest absolute Gasteiger partial charge is 0.490 e. The Labute approximate surface area is 180 Å². The van der Waals surface area contributed by atoms with Crippen molar-refractivity contribution in [1.29, 1.82) is 0 Å². The van der Waals surface area contributed by atoms with Gasteiger partial charge in [-0.05, 0) is 53.9 Å². The van der Waals surface area contributed by atoms with Crippen molar-refractivity contribution in [2.75, 3.05) is 19.3 Å². The molecule has 2 aromatic rings. The summed E-state index contributed by atoms with van der Waals surface area (Å²) in [7, 11) is -3.22. The molecule has 1 fully saturated rings. The molecule has 1 aliphatic rings. The molecule has 1 unspecified atom stereocenters. The molecule has 1 aliphatic heterocycles. The Balaban J connectivity index is 0.000000423. The summed E-state index contributed by atoms with van der Waals surface area (Å²) in [5.74, 6) is -3.61. The molecule has 0 amide bonds. The molecule has 2 N–H and O–H groups in total. The van der Waals surface area contributed by atoms with Gasteiger partial charge in [0.25, 0.3) is 0 Å². The predicted octanol–water partition coefficient (Wildman–Crippen LogP) is 4.01. The van der Waals surface area contributed by atoms with Crippen molar-refractivity contribution < 1.29 is 41.0 Å². The summed E-state index contributed by atoms with van der Waals surface area (Å²) >= 11 is 1.24. The molecule has 31 heavy (non-hydrogen) atoms. The van der Waals surface area contributed by atoms with Gasteiger partial charge in [-0.25, -0.2) is 17.6 Å². The molecule has 1 aromatic heterocycles. The van der Waals surface area contributed by atoms with E-state index in [4.69, 9.17) is 9.90 Å². The minimum Gasteiger partial charge on any atom is -0.505 e. The second kappa shape index (κ2) is 9.96. The van der Waals surface area contributed by atoms with E-state index >= 15 is 0 Å². The lowest BCUT2D eigenvalue weighted by Crippen LogP contribution is -2.34. The summed E-state index contributed by atoms with van der Waals surface area (Å²) in [5.41, 5.74) is 1.34. The zero-order chi connectivity index (χ0) is 23.4. The Hall–Kier alpha value is -2.18. The molecule has 12 heteroatoms. The molecule has 172 valence electrons. The van der Waals surface area contributed by atoms with Crippen molar-refractivity contribution in [3.8, 4) is 5.75 Å². The minimum atomic E-state index is -5.08. The first-order chi connectivity index (χ1) is 14.3. The van der Waals surface area contributed by atoms with Gasteiger partial charge < -0.3 is 10.2 Å². The van der Waals surface area contributed by atoms with Crippen molar-refractivity contribution in [3.63, 3.8) is 0 Å². The number of carboxylic acid groups (broad SMARTS) is 1. The van der Waals surface area contributed by atoms with Crippen LogP contribution in [0.15, 0.2) is 33.9 Å². The number of phenolic OH excluding ortho intramolecular Hbond substituents is 1. The van der Waals surface area contributed by atoms with Crippen LogP contribution in [0.5, 0.6) is 5.75 Å². The van der Waals surface area contributed by atoms with E-state index in [1.807, 2.05) is 6.07 Å². The fraction of sp³-hybridized carbons (Fsp3) is 0.421. The first-order valence-corrected chi connectivity index (χ1v) is 11.8. The Morgan fingerprint density at radius 2 is 1.94 bits per heavy atom. The molecule has 3 rings (SSSR count). The fourth-order valence-corrected chi connectivity index (χ4v) is 5.43. The maximum Gasteiger partial charge on any atom is 0.490 e. The number of piperidine rings is 1. The number of carbonyl (C=O) groups is 1. The van der Waals surface area contributed by atoms with Crippen molar-refractivity contribution in [2.24, 2.45) is 0 Å². The first-order valence-electron chi connectivity index (χ1n) is 9.07. The average molecular weight is 484 g/mol. The SMILES string of the molecule is CS(=O)(=O)c1sccc1CN1CCCC(c2cccc(O)c2F)C1.O=C(O)C(F)(F)F. The number of sulfone groups is 1. The molecule has 0 spiro atoms. The lowest BCUT2D eigenvalue weighted by molar-refractivity contribution is -0.192. The molecule has 1 aromatic carbocycles. The van der Waals surface area contributed by atoms with E-state index in [0.29, 0.717) is 22.9 Å². The molecule has 1 saturated heterocycles. The summed E-state index contributed by atoms with van der Waals surface area (Å²) < 4.78 is 70.0. The highest BCUT2D eigenvalue weighted by atomic mass is 32.2. The van der Waals surface area contributed by atoms with Crippen molar-refractivity contribution >= 4 is 27.1 Å². The Bertz CT molecular complexity index is 1020. The maximum absolute atomic E-state index is 14.2. The van der Waals surface area contributed by atoms with Gasteiger partial charge in [0.05, 0.1) is 0 Å². The minimum absolute atomic E-state index is 0.00571.